The molecule has 3 rings (SSSR count). The molecule has 0 saturated heterocycles. The van der Waals surface area contributed by atoms with Crippen LogP contribution in [0.4, 0.5) is 5.69 Å². The molecule has 128 valence electrons. The number of phenols is 3. The van der Waals surface area contributed by atoms with Gasteiger partial charge in [0.05, 0.1) is 6.61 Å². The van der Waals surface area contributed by atoms with Crippen LogP contribution in [0.2, 0.25) is 0 Å². The fourth-order valence-electron chi connectivity index (χ4n) is 2.69. The van der Waals surface area contributed by atoms with Gasteiger partial charge in [-0.3, -0.25) is 0 Å². The van der Waals surface area contributed by atoms with Gasteiger partial charge in [-0.15, -0.1) is 0 Å². The average Bonchev–Trinajstić information content (AvgIpc) is 2.63. The van der Waals surface area contributed by atoms with E-state index < -0.39 is 0 Å². The molecular formula is C20H19NO4. The van der Waals surface area contributed by atoms with Gasteiger partial charge in [0.2, 0.25) is 0 Å². The summed E-state index contributed by atoms with van der Waals surface area (Å²) in [6.45, 7) is 0.191. The van der Waals surface area contributed by atoms with E-state index in [-0.39, 0.29) is 23.9 Å². The molecule has 0 saturated carbocycles. The van der Waals surface area contributed by atoms with E-state index in [2.05, 4.69) is 5.32 Å². The molecule has 0 amide bonds. The quantitative estimate of drug-likeness (QED) is 0.459. The predicted octanol–water partition coefficient (Wildman–Crippen LogP) is 3.57. The number of hydrogen-bond donors (Lipinski definition) is 5. The normalized spacial score (nSPS) is 10.6. The highest BCUT2D eigenvalue weighted by atomic mass is 16.3. The first-order valence-corrected chi connectivity index (χ1v) is 7.85. The molecule has 0 radical (unpaired) electrons. The lowest BCUT2D eigenvalue weighted by atomic mass is 9.98. The van der Waals surface area contributed by atoms with Crippen LogP contribution in [0.25, 0.3) is 11.1 Å². The van der Waals surface area contributed by atoms with E-state index in [0.717, 1.165) is 16.8 Å². The number of benzene rings is 3. The second kappa shape index (κ2) is 7.15. The standard InChI is InChI=1S/C20H19NO4/c22-12-13-3-1-2-4-17(13)18-10-15(5-7-20(18)25)21-11-14-9-16(23)6-8-19(14)24/h1-10,21-25H,11-12H2. The van der Waals surface area contributed by atoms with Crippen molar-refractivity contribution >= 4 is 5.69 Å². The van der Waals surface area contributed by atoms with Crippen LogP contribution < -0.4 is 5.32 Å². The Morgan fingerprint density at radius 1 is 0.720 bits per heavy atom. The van der Waals surface area contributed by atoms with Gasteiger partial charge in [-0.25, -0.2) is 0 Å². The molecule has 0 fully saturated rings. The second-order valence-corrected chi connectivity index (χ2v) is 5.71. The Labute approximate surface area is 145 Å². The molecule has 0 atom stereocenters. The lowest BCUT2D eigenvalue weighted by molar-refractivity contribution is 0.282. The van der Waals surface area contributed by atoms with Crippen LogP contribution >= 0.6 is 0 Å². The summed E-state index contributed by atoms with van der Waals surface area (Å²) in [5, 5.41) is 42.2. The fourth-order valence-corrected chi connectivity index (χ4v) is 2.69. The van der Waals surface area contributed by atoms with Crippen LogP contribution in [-0.4, -0.2) is 20.4 Å². The summed E-state index contributed by atoms with van der Waals surface area (Å²) in [4.78, 5) is 0. The zero-order valence-electron chi connectivity index (χ0n) is 13.5. The zero-order valence-corrected chi connectivity index (χ0v) is 13.5. The summed E-state index contributed by atoms with van der Waals surface area (Å²) in [5.74, 6) is 0.291. The maximum Gasteiger partial charge on any atom is 0.123 e. The van der Waals surface area contributed by atoms with Gasteiger partial charge in [0.25, 0.3) is 0 Å². The van der Waals surface area contributed by atoms with Crippen molar-refractivity contribution in [3.63, 3.8) is 0 Å². The summed E-state index contributed by atoms with van der Waals surface area (Å²) in [7, 11) is 0. The molecule has 0 aliphatic heterocycles. The van der Waals surface area contributed by atoms with Crippen molar-refractivity contribution in [3.05, 3.63) is 71.8 Å². The Morgan fingerprint density at radius 3 is 2.28 bits per heavy atom. The lowest BCUT2D eigenvalue weighted by Gasteiger charge is -2.13. The van der Waals surface area contributed by atoms with Gasteiger partial charge in [-0.2, -0.15) is 0 Å². The van der Waals surface area contributed by atoms with Crippen LogP contribution in [-0.2, 0) is 13.2 Å². The monoisotopic (exact) mass is 337 g/mol. The summed E-state index contributed by atoms with van der Waals surface area (Å²) in [6, 6.07) is 16.8. The number of aliphatic hydroxyl groups is 1. The van der Waals surface area contributed by atoms with Crippen molar-refractivity contribution in [1.29, 1.82) is 0 Å². The molecule has 3 aromatic rings. The molecule has 0 unspecified atom stereocenters. The molecule has 0 bridgehead atoms. The van der Waals surface area contributed by atoms with Crippen LogP contribution in [0.15, 0.2) is 60.7 Å². The third-order valence-electron chi connectivity index (χ3n) is 4.02. The van der Waals surface area contributed by atoms with Crippen molar-refractivity contribution < 1.29 is 20.4 Å². The molecule has 0 aliphatic rings. The van der Waals surface area contributed by atoms with Gasteiger partial charge < -0.3 is 25.7 Å². The number of aliphatic hydroxyl groups excluding tert-OH is 1. The van der Waals surface area contributed by atoms with Crippen molar-refractivity contribution in [3.8, 4) is 28.4 Å². The van der Waals surface area contributed by atoms with Gasteiger partial charge in [0.1, 0.15) is 17.2 Å². The molecule has 3 aromatic carbocycles. The summed E-state index contributed by atoms with van der Waals surface area (Å²) >= 11 is 0. The highest BCUT2D eigenvalue weighted by molar-refractivity contribution is 5.76. The number of hydrogen-bond acceptors (Lipinski definition) is 5. The Hall–Kier alpha value is -3.18. The van der Waals surface area contributed by atoms with Crippen LogP contribution in [0.1, 0.15) is 11.1 Å². The summed E-state index contributed by atoms with van der Waals surface area (Å²) in [6.07, 6.45) is 0. The maximum absolute atomic E-state index is 10.2. The van der Waals surface area contributed by atoms with Crippen molar-refractivity contribution in [2.24, 2.45) is 0 Å². The van der Waals surface area contributed by atoms with E-state index in [1.165, 1.54) is 18.2 Å². The minimum absolute atomic E-state index is 0.0814. The number of rotatable bonds is 5. The van der Waals surface area contributed by atoms with Crippen LogP contribution in [0, 0.1) is 0 Å². The first kappa shape index (κ1) is 16.7. The van der Waals surface area contributed by atoms with Gasteiger partial charge in [0, 0.05) is 23.4 Å². The average molecular weight is 337 g/mol. The SMILES string of the molecule is OCc1ccccc1-c1cc(NCc2cc(O)ccc2O)ccc1O. The number of anilines is 1. The second-order valence-electron chi connectivity index (χ2n) is 5.71. The van der Waals surface area contributed by atoms with Gasteiger partial charge in [0.15, 0.2) is 0 Å². The topological polar surface area (TPSA) is 93.0 Å². The van der Waals surface area contributed by atoms with Crippen LogP contribution in [0.5, 0.6) is 17.2 Å². The largest absolute Gasteiger partial charge is 0.508 e. The molecule has 0 spiro atoms. The third kappa shape index (κ3) is 3.67. The third-order valence-corrected chi connectivity index (χ3v) is 4.02. The predicted molar refractivity (Wildman–Crippen MR) is 96.6 cm³/mol. The highest BCUT2D eigenvalue weighted by Crippen LogP contribution is 2.34. The molecule has 5 N–H and O–H groups in total. The van der Waals surface area contributed by atoms with Crippen molar-refractivity contribution in [2.45, 2.75) is 13.2 Å². The first-order chi connectivity index (χ1) is 12.1. The molecule has 0 aromatic heterocycles. The highest BCUT2D eigenvalue weighted by Gasteiger charge is 2.10. The van der Waals surface area contributed by atoms with Crippen molar-refractivity contribution in [2.75, 3.05) is 5.32 Å². The van der Waals surface area contributed by atoms with Gasteiger partial charge in [-0.05, 0) is 47.5 Å². The van der Waals surface area contributed by atoms with E-state index >= 15 is 0 Å². The Bertz CT molecular complexity index is 893. The van der Waals surface area contributed by atoms with E-state index in [1.807, 2.05) is 18.2 Å². The molecule has 0 aliphatic carbocycles. The molecule has 25 heavy (non-hydrogen) atoms. The molecule has 0 heterocycles. The summed E-state index contributed by atoms with van der Waals surface area (Å²) in [5.41, 5.74) is 3.38. The Morgan fingerprint density at radius 2 is 1.48 bits per heavy atom. The summed E-state index contributed by atoms with van der Waals surface area (Å²) < 4.78 is 0. The Balaban J connectivity index is 1.88. The number of phenolic OH excluding ortho intramolecular Hbond substituents is 3. The zero-order chi connectivity index (χ0) is 17.8. The van der Waals surface area contributed by atoms with Crippen LogP contribution in [0.3, 0.4) is 0 Å². The number of nitrogens with one attached hydrogen (secondary N) is 1. The fraction of sp³-hybridized carbons (Fsp3) is 0.100. The van der Waals surface area contributed by atoms with E-state index in [0.29, 0.717) is 17.7 Å². The molecular weight excluding hydrogens is 318 g/mol. The smallest absolute Gasteiger partial charge is 0.123 e. The molecule has 5 nitrogen and oxygen atoms in total. The van der Waals surface area contributed by atoms with E-state index in [1.54, 1.807) is 24.3 Å². The van der Waals surface area contributed by atoms with Gasteiger partial charge >= 0.3 is 0 Å². The minimum Gasteiger partial charge on any atom is -0.508 e. The maximum atomic E-state index is 10.2. The minimum atomic E-state index is -0.121. The van der Waals surface area contributed by atoms with E-state index in [9.17, 15) is 20.4 Å². The first-order valence-electron chi connectivity index (χ1n) is 7.85. The number of aromatic hydroxyl groups is 3. The van der Waals surface area contributed by atoms with Crippen molar-refractivity contribution in [1.82, 2.24) is 0 Å². The Kier molecular flexibility index (Phi) is 4.77. The van der Waals surface area contributed by atoms with E-state index in [4.69, 9.17) is 0 Å². The van der Waals surface area contributed by atoms with Gasteiger partial charge in [-0.1, -0.05) is 24.3 Å². The lowest BCUT2D eigenvalue weighted by Crippen LogP contribution is -2.00. The molecule has 5 heteroatoms.